The van der Waals surface area contributed by atoms with Crippen molar-refractivity contribution in [1.82, 2.24) is 0 Å². The van der Waals surface area contributed by atoms with Gasteiger partial charge < -0.3 is 10.2 Å². The average Bonchev–Trinajstić information content (AvgIpc) is 2.48. The van der Waals surface area contributed by atoms with E-state index in [9.17, 15) is 10.2 Å². The van der Waals surface area contributed by atoms with Crippen LogP contribution < -0.4 is 0 Å². The van der Waals surface area contributed by atoms with Crippen LogP contribution in [0.25, 0.3) is 0 Å². The van der Waals surface area contributed by atoms with Crippen molar-refractivity contribution in [3.63, 3.8) is 0 Å². The van der Waals surface area contributed by atoms with Crippen LogP contribution >= 0.6 is 0 Å². The van der Waals surface area contributed by atoms with Gasteiger partial charge in [0, 0.05) is 5.56 Å². The Morgan fingerprint density at radius 3 is 2.13 bits per heavy atom. The number of hydrogen-bond donors (Lipinski definition) is 2. The predicted molar refractivity (Wildman–Crippen MR) is 98.9 cm³/mol. The molecule has 0 atom stereocenters. The molecule has 1 aromatic carbocycles. The molecule has 2 nitrogen and oxygen atoms in total. The van der Waals surface area contributed by atoms with E-state index in [4.69, 9.17) is 0 Å². The van der Waals surface area contributed by atoms with Gasteiger partial charge >= 0.3 is 0 Å². The summed E-state index contributed by atoms with van der Waals surface area (Å²) in [5.74, 6) is 0.431. The van der Waals surface area contributed by atoms with E-state index >= 15 is 0 Å². The van der Waals surface area contributed by atoms with Crippen molar-refractivity contribution in [1.29, 1.82) is 0 Å². The largest absolute Gasteiger partial charge is 0.508 e. The minimum atomic E-state index is 0.193. The molecule has 0 bridgehead atoms. The molecule has 126 valence electrons. The number of aromatic hydroxyl groups is 2. The fraction of sp³-hybridized carbons (Fsp3) is 0.429. The Bertz CT molecular complexity index is 588. The molecule has 0 spiro atoms. The summed E-state index contributed by atoms with van der Waals surface area (Å²) in [6, 6.07) is 4.65. The van der Waals surface area contributed by atoms with Crippen molar-refractivity contribution in [3.05, 3.63) is 58.7 Å². The van der Waals surface area contributed by atoms with Crippen molar-refractivity contribution in [3.8, 4) is 11.5 Å². The van der Waals surface area contributed by atoms with Gasteiger partial charge in [-0.2, -0.15) is 0 Å². The summed E-state index contributed by atoms with van der Waals surface area (Å²) in [4.78, 5) is 0. The van der Waals surface area contributed by atoms with Gasteiger partial charge in [0.1, 0.15) is 11.5 Å². The lowest BCUT2D eigenvalue weighted by Crippen LogP contribution is -1.85. The Morgan fingerprint density at radius 2 is 1.48 bits per heavy atom. The van der Waals surface area contributed by atoms with Gasteiger partial charge in [-0.3, -0.25) is 0 Å². The van der Waals surface area contributed by atoms with Crippen molar-refractivity contribution in [2.75, 3.05) is 0 Å². The van der Waals surface area contributed by atoms with Crippen LogP contribution in [-0.2, 0) is 6.42 Å². The standard InChI is InChI=1S/C21H30O2/c1-16(2)7-5-8-17(3)9-6-10-18(4)11-12-19-15-20(22)13-14-21(19)23/h7,9,11,13-15,22-23H,5-6,8,10,12H2,1-4H3. The van der Waals surface area contributed by atoms with Crippen LogP contribution in [0.1, 0.15) is 58.9 Å². The quantitative estimate of drug-likeness (QED) is 0.452. The van der Waals surface area contributed by atoms with E-state index in [1.165, 1.54) is 28.9 Å². The Kier molecular flexibility index (Phi) is 8.25. The molecule has 0 aliphatic heterocycles. The summed E-state index contributed by atoms with van der Waals surface area (Å²) < 4.78 is 0. The van der Waals surface area contributed by atoms with Gasteiger partial charge in [-0.05, 0) is 78.0 Å². The number of rotatable bonds is 8. The Morgan fingerprint density at radius 1 is 0.870 bits per heavy atom. The third kappa shape index (κ3) is 8.29. The molecule has 0 fully saturated rings. The van der Waals surface area contributed by atoms with Crippen LogP contribution in [0, 0.1) is 0 Å². The summed E-state index contributed by atoms with van der Waals surface area (Å²) >= 11 is 0. The van der Waals surface area contributed by atoms with Crippen LogP contribution in [0.5, 0.6) is 11.5 Å². The molecule has 0 saturated heterocycles. The molecule has 0 aliphatic rings. The van der Waals surface area contributed by atoms with Gasteiger partial charge in [0.2, 0.25) is 0 Å². The van der Waals surface area contributed by atoms with E-state index in [0.29, 0.717) is 6.42 Å². The minimum Gasteiger partial charge on any atom is -0.508 e. The van der Waals surface area contributed by atoms with Crippen molar-refractivity contribution < 1.29 is 10.2 Å². The van der Waals surface area contributed by atoms with Gasteiger partial charge in [0.05, 0.1) is 0 Å². The topological polar surface area (TPSA) is 40.5 Å². The number of allylic oxidation sites excluding steroid dienone is 6. The predicted octanol–water partition coefficient (Wildman–Crippen LogP) is 6.06. The molecular weight excluding hydrogens is 284 g/mol. The SMILES string of the molecule is CC(C)=CCCC(C)=CCCC(C)=CCc1cc(O)ccc1O. The summed E-state index contributed by atoms with van der Waals surface area (Å²) in [5.41, 5.74) is 4.89. The van der Waals surface area contributed by atoms with E-state index in [1.807, 2.05) is 0 Å². The first-order valence-corrected chi connectivity index (χ1v) is 8.34. The van der Waals surface area contributed by atoms with Gasteiger partial charge in [-0.15, -0.1) is 0 Å². The number of phenols is 2. The second-order valence-corrected chi connectivity index (χ2v) is 6.48. The lowest BCUT2D eigenvalue weighted by atomic mass is 10.0. The highest BCUT2D eigenvalue weighted by Crippen LogP contribution is 2.23. The maximum absolute atomic E-state index is 9.76. The fourth-order valence-electron chi connectivity index (χ4n) is 2.36. The second-order valence-electron chi connectivity index (χ2n) is 6.48. The summed E-state index contributed by atoms with van der Waals surface area (Å²) in [6.45, 7) is 8.59. The van der Waals surface area contributed by atoms with Crippen LogP contribution in [0.15, 0.2) is 53.1 Å². The smallest absolute Gasteiger partial charge is 0.119 e. The normalized spacial score (nSPS) is 12.3. The van der Waals surface area contributed by atoms with Crippen LogP contribution in [0.4, 0.5) is 0 Å². The molecule has 0 radical (unpaired) electrons. The molecule has 2 N–H and O–H groups in total. The van der Waals surface area contributed by atoms with Gasteiger partial charge in [-0.1, -0.05) is 34.9 Å². The highest BCUT2D eigenvalue weighted by molar-refractivity contribution is 5.39. The minimum absolute atomic E-state index is 0.193. The molecule has 2 heteroatoms. The third-order valence-corrected chi connectivity index (χ3v) is 3.86. The van der Waals surface area contributed by atoms with Gasteiger partial charge in [-0.25, -0.2) is 0 Å². The molecule has 23 heavy (non-hydrogen) atoms. The van der Waals surface area contributed by atoms with Crippen molar-refractivity contribution in [2.45, 2.75) is 59.8 Å². The van der Waals surface area contributed by atoms with E-state index in [-0.39, 0.29) is 11.5 Å². The van der Waals surface area contributed by atoms with Gasteiger partial charge in [0.15, 0.2) is 0 Å². The van der Waals surface area contributed by atoms with E-state index in [0.717, 1.165) is 31.2 Å². The summed E-state index contributed by atoms with van der Waals surface area (Å²) in [5, 5.41) is 19.2. The van der Waals surface area contributed by atoms with Crippen molar-refractivity contribution >= 4 is 0 Å². The fourth-order valence-corrected chi connectivity index (χ4v) is 2.36. The molecule has 0 unspecified atom stereocenters. The maximum atomic E-state index is 9.76. The van der Waals surface area contributed by atoms with Gasteiger partial charge in [0.25, 0.3) is 0 Å². The van der Waals surface area contributed by atoms with Crippen LogP contribution in [-0.4, -0.2) is 10.2 Å². The zero-order valence-corrected chi connectivity index (χ0v) is 14.9. The molecule has 0 heterocycles. The second kappa shape index (κ2) is 9.94. The summed E-state index contributed by atoms with van der Waals surface area (Å²) in [7, 11) is 0. The Balaban J connectivity index is 2.42. The van der Waals surface area contributed by atoms with Crippen molar-refractivity contribution in [2.24, 2.45) is 0 Å². The van der Waals surface area contributed by atoms with Crippen LogP contribution in [0.3, 0.4) is 0 Å². The molecule has 1 aromatic rings. The number of hydrogen-bond acceptors (Lipinski definition) is 2. The van der Waals surface area contributed by atoms with Crippen LogP contribution in [0.2, 0.25) is 0 Å². The molecule has 0 saturated carbocycles. The maximum Gasteiger partial charge on any atom is 0.119 e. The third-order valence-electron chi connectivity index (χ3n) is 3.86. The number of benzene rings is 1. The molecular formula is C21H30O2. The summed E-state index contributed by atoms with van der Waals surface area (Å²) in [6.07, 6.45) is 11.7. The van der Waals surface area contributed by atoms with E-state index < -0.39 is 0 Å². The zero-order valence-electron chi connectivity index (χ0n) is 14.9. The lowest BCUT2D eigenvalue weighted by molar-refractivity contribution is 0.455. The Labute approximate surface area is 140 Å². The van der Waals surface area contributed by atoms with E-state index in [2.05, 4.69) is 45.9 Å². The first kappa shape index (κ1) is 19.1. The van der Waals surface area contributed by atoms with E-state index in [1.54, 1.807) is 6.07 Å². The molecule has 1 rings (SSSR count). The molecule has 0 aliphatic carbocycles. The Hall–Kier alpha value is -1.96. The lowest BCUT2D eigenvalue weighted by Gasteiger charge is -2.04. The monoisotopic (exact) mass is 314 g/mol. The number of phenolic OH excluding ortho intramolecular Hbond substituents is 2. The highest BCUT2D eigenvalue weighted by Gasteiger charge is 2.01. The molecule has 0 amide bonds. The average molecular weight is 314 g/mol. The molecule has 0 aromatic heterocycles. The zero-order chi connectivity index (χ0) is 17.2. The highest BCUT2D eigenvalue weighted by atomic mass is 16.3. The first-order chi connectivity index (χ1) is 10.9. The first-order valence-electron chi connectivity index (χ1n) is 8.34.